The number of phosphoric ester groups is 1. The Morgan fingerprint density at radius 3 is 1.33 bits per heavy atom. The van der Waals surface area contributed by atoms with Crippen molar-refractivity contribution >= 4 is 19.8 Å². The predicted octanol–water partition coefficient (Wildman–Crippen LogP) is 8.05. The monoisotopic (exact) mass is 876 g/mol. The fourth-order valence-corrected chi connectivity index (χ4v) is 6.64. The van der Waals surface area contributed by atoms with Crippen LogP contribution in [-0.4, -0.2) is 98.3 Å². The molecule has 13 nitrogen and oxygen atoms in total. The maximum Gasteiger partial charge on any atom is 0.472 e. The van der Waals surface area contributed by atoms with Crippen LogP contribution in [0.4, 0.5) is 0 Å². The molecule has 0 aliphatic heterocycles. The lowest BCUT2D eigenvalue weighted by Crippen LogP contribution is -2.64. The molecular weight excluding hydrogens is 803 g/mol. The van der Waals surface area contributed by atoms with Gasteiger partial charge in [-0.2, -0.15) is 0 Å². The molecule has 0 amide bonds. The second-order valence-corrected chi connectivity index (χ2v) is 15.8. The molecule has 0 spiro atoms. The minimum atomic E-state index is -5.15. The molecule has 6 N–H and O–H groups in total. The highest BCUT2D eigenvalue weighted by Crippen LogP contribution is 2.47. The van der Waals surface area contributed by atoms with Crippen LogP contribution in [0.2, 0.25) is 0 Å². The third-order valence-corrected chi connectivity index (χ3v) is 10.1. The minimum Gasteiger partial charge on any atom is -0.462 e. The van der Waals surface area contributed by atoms with Crippen LogP contribution >= 0.6 is 7.82 Å². The summed E-state index contributed by atoms with van der Waals surface area (Å²) in [5, 5.41) is 50.1. The van der Waals surface area contributed by atoms with E-state index in [4.69, 9.17) is 18.5 Å². The van der Waals surface area contributed by atoms with Crippen molar-refractivity contribution < 1.29 is 63.1 Å². The standard InChI is InChI=1S/C47H73O13P/c1-3-5-7-9-11-13-15-17-19-20-22-23-25-27-29-31-33-35-40(48)57-37-39(38-58-61(55,56)60-47-45(53)43(51)42(50)44(52)46(47)54)59-41(49)36-34-32-30-28-26-24-21-18-16-14-12-10-8-6-4-2/h5-8,11-14,17-19,21-23,26-29,39,42-47,50-54H,3-4,9-10,15-16,20,24-25,30-38H2,1-2H3,(H,55,56)/b7-5+,8-6+,13-11+,14-12+,19-17+,21-18+,23-22+,28-26+,29-27+/t39-,42?,43-,44?,45?,46?,47?/m0/s1. The SMILES string of the molecule is CC/C=C/C/C=C/C/C=C/C/C=C/C/C=C/CCCC(=O)OC[C@@H](COP(=O)(O)OC1C(O)C(O)C(O)[C@H](O)C1O)OC(=O)CCCC/C=C/C/C=C/C/C=C/C/C=C/CC. The fourth-order valence-electron chi connectivity index (χ4n) is 5.66. The predicted molar refractivity (Wildman–Crippen MR) is 239 cm³/mol. The van der Waals surface area contributed by atoms with Gasteiger partial charge in [-0.1, -0.05) is 123 Å². The minimum absolute atomic E-state index is 0.0249. The molecule has 0 bridgehead atoms. The molecule has 6 unspecified atom stereocenters. The Hall–Kier alpha value is -3.49. The molecule has 0 radical (unpaired) electrons. The summed E-state index contributed by atoms with van der Waals surface area (Å²) in [5.74, 6) is -1.23. The first-order valence-electron chi connectivity index (χ1n) is 21.7. The molecule has 1 aliphatic carbocycles. The van der Waals surface area contributed by atoms with E-state index in [2.05, 4.69) is 105 Å². The van der Waals surface area contributed by atoms with E-state index in [1.165, 1.54) is 0 Å². The molecule has 61 heavy (non-hydrogen) atoms. The van der Waals surface area contributed by atoms with Gasteiger partial charge >= 0.3 is 19.8 Å². The van der Waals surface area contributed by atoms with Gasteiger partial charge in [0, 0.05) is 12.8 Å². The number of ether oxygens (including phenoxy) is 2. The Morgan fingerprint density at radius 2 is 0.885 bits per heavy atom. The van der Waals surface area contributed by atoms with Crippen LogP contribution in [0.3, 0.4) is 0 Å². The zero-order chi connectivity index (χ0) is 45.0. The van der Waals surface area contributed by atoms with Gasteiger partial charge in [0.05, 0.1) is 6.61 Å². The molecule has 8 atom stereocenters. The maximum atomic E-state index is 12.8. The summed E-state index contributed by atoms with van der Waals surface area (Å²) in [7, 11) is -5.15. The smallest absolute Gasteiger partial charge is 0.462 e. The van der Waals surface area contributed by atoms with Gasteiger partial charge in [0.25, 0.3) is 0 Å². The van der Waals surface area contributed by atoms with Crippen LogP contribution in [-0.2, 0) is 32.7 Å². The average molecular weight is 877 g/mol. The van der Waals surface area contributed by atoms with Gasteiger partial charge in [-0.05, 0) is 89.9 Å². The lowest BCUT2D eigenvalue weighted by Gasteiger charge is -2.41. The Morgan fingerprint density at radius 1 is 0.508 bits per heavy atom. The summed E-state index contributed by atoms with van der Waals surface area (Å²) in [5.41, 5.74) is 0. The van der Waals surface area contributed by atoms with Crippen molar-refractivity contribution in [2.24, 2.45) is 0 Å². The number of allylic oxidation sites excluding steroid dienone is 18. The van der Waals surface area contributed by atoms with E-state index in [1.54, 1.807) is 0 Å². The molecule has 0 aromatic heterocycles. The lowest BCUT2D eigenvalue weighted by molar-refractivity contribution is -0.220. The number of aliphatic hydroxyl groups excluding tert-OH is 5. The number of aliphatic hydroxyl groups is 5. The fraction of sp³-hybridized carbons (Fsp3) is 0.574. The van der Waals surface area contributed by atoms with Crippen molar-refractivity contribution in [1.29, 1.82) is 0 Å². The molecule has 1 aliphatic rings. The topological polar surface area (TPSA) is 210 Å². The largest absolute Gasteiger partial charge is 0.472 e. The summed E-state index contributed by atoms with van der Waals surface area (Å²) in [4.78, 5) is 35.6. The van der Waals surface area contributed by atoms with Gasteiger partial charge in [-0.25, -0.2) is 4.57 Å². The first-order valence-corrected chi connectivity index (χ1v) is 23.2. The highest BCUT2D eigenvalue weighted by atomic mass is 31.2. The van der Waals surface area contributed by atoms with Gasteiger partial charge in [0.2, 0.25) is 0 Å². The van der Waals surface area contributed by atoms with Gasteiger partial charge < -0.3 is 39.9 Å². The van der Waals surface area contributed by atoms with Crippen LogP contribution < -0.4 is 0 Å². The molecule has 1 saturated carbocycles. The number of carbonyl (C=O) groups is 2. The third-order valence-electron chi connectivity index (χ3n) is 9.11. The summed E-state index contributed by atoms with van der Waals surface area (Å²) in [6.45, 7) is 2.95. The summed E-state index contributed by atoms with van der Waals surface area (Å²) >= 11 is 0. The Kier molecular flexibility index (Phi) is 32.8. The highest BCUT2D eigenvalue weighted by molar-refractivity contribution is 7.47. The second kappa shape index (κ2) is 36.0. The number of hydrogen-bond donors (Lipinski definition) is 6. The summed E-state index contributed by atoms with van der Waals surface area (Å²) in [6.07, 6.45) is 35.9. The third kappa shape index (κ3) is 28.7. The zero-order valence-corrected chi connectivity index (χ0v) is 37.0. The first kappa shape index (κ1) is 55.5. The van der Waals surface area contributed by atoms with E-state index in [9.17, 15) is 44.6 Å². The van der Waals surface area contributed by atoms with E-state index in [0.717, 1.165) is 64.2 Å². The zero-order valence-electron chi connectivity index (χ0n) is 36.1. The molecule has 0 aromatic carbocycles. The molecule has 1 rings (SSSR count). The quantitative estimate of drug-likeness (QED) is 0.0160. The van der Waals surface area contributed by atoms with E-state index in [0.29, 0.717) is 25.7 Å². The molecular formula is C47H73O13P. The van der Waals surface area contributed by atoms with Crippen LogP contribution in [0, 0.1) is 0 Å². The van der Waals surface area contributed by atoms with Crippen LogP contribution in [0.5, 0.6) is 0 Å². The maximum absolute atomic E-state index is 12.8. The summed E-state index contributed by atoms with van der Waals surface area (Å²) < 4.78 is 33.4. The van der Waals surface area contributed by atoms with Crippen molar-refractivity contribution in [1.82, 2.24) is 0 Å². The summed E-state index contributed by atoms with van der Waals surface area (Å²) in [6, 6.07) is 0. The van der Waals surface area contributed by atoms with E-state index in [-0.39, 0.29) is 12.8 Å². The Labute approximate surface area is 363 Å². The molecule has 1 fully saturated rings. The van der Waals surface area contributed by atoms with E-state index >= 15 is 0 Å². The van der Waals surface area contributed by atoms with Crippen molar-refractivity contribution in [3.63, 3.8) is 0 Å². The van der Waals surface area contributed by atoms with Crippen molar-refractivity contribution in [3.8, 4) is 0 Å². The molecule has 14 heteroatoms. The van der Waals surface area contributed by atoms with Crippen LogP contribution in [0.1, 0.15) is 117 Å². The number of rotatable bonds is 33. The lowest BCUT2D eigenvalue weighted by atomic mass is 9.85. The van der Waals surface area contributed by atoms with Crippen LogP contribution in [0.15, 0.2) is 109 Å². The van der Waals surface area contributed by atoms with E-state index in [1.807, 2.05) is 18.2 Å². The van der Waals surface area contributed by atoms with Crippen molar-refractivity contribution in [3.05, 3.63) is 109 Å². The van der Waals surface area contributed by atoms with E-state index < -0.39 is 75.7 Å². The van der Waals surface area contributed by atoms with Gasteiger partial charge in [-0.15, -0.1) is 0 Å². The highest BCUT2D eigenvalue weighted by Gasteiger charge is 2.51. The number of carbonyl (C=O) groups excluding carboxylic acids is 2. The van der Waals surface area contributed by atoms with Crippen LogP contribution in [0.25, 0.3) is 0 Å². The second-order valence-electron chi connectivity index (χ2n) is 14.4. The molecule has 344 valence electrons. The van der Waals surface area contributed by atoms with Gasteiger partial charge in [0.1, 0.15) is 43.2 Å². The molecule has 0 saturated heterocycles. The van der Waals surface area contributed by atoms with Crippen molar-refractivity contribution in [2.75, 3.05) is 13.2 Å². The molecule has 0 heterocycles. The average Bonchev–Trinajstić information content (AvgIpc) is 3.24. The van der Waals surface area contributed by atoms with Gasteiger partial charge in [0.15, 0.2) is 6.10 Å². The number of esters is 2. The van der Waals surface area contributed by atoms with Crippen molar-refractivity contribution in [2.45, 2.75) is 159 Å². The normalized spacial score (nSPS) is 23.1. The van der Waals surface area contributed by atoms with Gasteiger partial charge in [-0.3, -0.25) is 18.6 Å². The first-order chi connectivity index (χ1) is 29.4. The number of unbranched alkanes of at least 4 members (excludes halogenated alkanes) is 3. The molecule has 0 aromatic rings. The number of phosphoric acid groups is 1. The number of hydrogen-bond acceptors (Lipinski definition) is 12. The Balaban J connectivity index is 2.57. The Bertz CT molecular complexity index is 1480.